The summed E-state index contributed by atoms with van der Waals surface area (Å²) in [6.07, 6.45) is 4.41. The smallest absolute Gasteiger partial charge is 0.237 e. The predicted molar refractivity (Wildman–Crippen MR) is 140 cm³/mol. The van der Waals surface area contributed by atoms with E-state index in [0.29, 0.717) is 12.4 Å². The third-order valence-corrected chi connectivity index (χ3v) is 8.40. The van der Waals surface area contributed by atoms with Crippen LogP contribution in [0.15, 0.2) is 41.7 Å². The molecule has 0 atom stereocenters. The number of hydrogen-bond donors (Lipinski definition) is 0. The molecule has 4 aromatic rings. The maximum Gasteiger partial charge on any atom is 0.237 e. The molecule has 1 aliphatic heterocycles. The number of thioether (sulfide) groups is 1. The Kier molecular flexibility index (Phi) is 6.31. The Morgan fingerprint density at radius 1 is 1.21 bits per heavy atom. The quantitative estimate of drug-likeness (QED) is 0.250. The number of carbonyl (C=O) groups excluding carboxylic acids is 1. The molecular weight excluding hydrogens is 464 g/mol. The fourth-order valence-electron chi connectivity index (χ4n) is 4.42. The second-order valence-corrected chi connectivity index (χ2v) is 11.2. The highest BCUT2D eigenvalue weighted by atomic mass is 32.2. The van der Waals surface area contributed by atoms with Crippen LogP contribution in [0.3, 0.4) is 0 Å². The highest BCUT2D eigenvalue weighted by Gasteiger charge is 2.31. The molecule has 1 amide bonds. The van der Waals surface area contributed by atoms with Gasteiger partial charge in [-0.2, -0.15) is 0 Å². The average molecular weight is 493 g/mol. The van der Waals surface area contributed by atoms with Crippen molar-refractivity contribution in [1.82, 2.24) is 15.0 Å². The SMILES string of the molecule is CCCc1nc2sc3c(SCC(=O)N(C)c4ccccc4)ncnc3c2c2c1COC(C)(C)C2. The van der Waals surface area contributed by atoms with Crippen LogP contribution < -0.4 is 4.90 Å². The molecule has 0 aliphatic carbocycles. The molecule has 0 fully saturated rings. The minimum absolute atomic E-state index is 0.0312. The van der Waals surface area contributed by atoms with Gasteiger partial charge in [0.2, 0.25) is 5.91 Å². The van der Waals surface area contributed by atoms with E-state index in [0.717, 1.165) is 56.1 Å². The fourth-order valence-corrected chi connectivity index (χ4v) is 6.59. The molecule has 5 rings (SSSR count). The first kappa shape index (κ1) is 23.2. The van der Waals surface area contributed by atoms with Gasteiger partial charge in [-0.1, -0.05) is 43.3 Å². The standard InChI is InChI=1S/C26H28N4O2S2/c1-5-9-19-18-13-32-26(2,3)12-17(18)21-22-23(34-24(21)29-19)25(28-15-27-22)33-14-20(31)30(4)16-10-7-6-8-11-16/h6-8,10-11,15H,5,9,12-14H2,1-4H3. The van der Waals surface area contributed by atoms with Gasteiger partial charge >= 0.3 is 0 Å². The molecule has 0 saturated heterocycles. The normalized spacial score (nSPS) is 14.9. The number of aromatic nitrogens is 3. The zero-order valence-electron chi connectivity index (χ0n) is 19.9. The van der Waals surface area contributed by atoms with Gasteiger partial charge in [0.05, 0.1) is 28.2 Å². The van der Waals surface area contributed by atoms with E-state index in [-0.39, 0.29) is 11.5 Å². The molecule has 0 radical (unpaired) electrons. The van der Waals surface area contributed by atoms with Gasteiger partial charge in [-0.05, 0) is 38.0 Å². The zero-order chi connectivity index (χ0) is 23.9. The van der Waals surface area contributed by atoms with Crippen molar-refractivity contribution in [3.63, 3.8) is 0 Å². The topological polar surface area (TPSA) is 68.2 Å². The number of thiophene rings is 1. The summed E-state index contributed by atoms with van der Waals surface area (Å²) in [5.41, 5.74) is 5.26. The maximum atomic E-state index is 12.8. The number of rotatable bonds is 6. The molecule has 0 N–H and O–H groups in total. The van der Waals surface area contributed by atoms with Crippen LogP contribution in [0.4, 0.5) is 5.69 Å². The van der Waals surface area contributed by atoms with E-state index in [1.807, 2.05) is 37.4 Å². The molecule has 34 heavy (non-hydrogen) atoms. The van der Waals surface area contributed by atoms with Crippen molar-refractivity contribution in [1.29, 1.82) is 0 Å². The van der Waals surface area contributed by atoms with Gasteiger partial charge in [0.25, 0.3) is 0 Å². The van der Waals surface area contributed by atoms with Crippen LogP contribution in [-0.4, -0.2) is 39.3 Å². The lowest BCUT2D eigenvalue weighted by Gasteiger charge is -2.33. The predicted octanol–water partition coefficient (Wildman–Crippen LogP) is 5.80. The molecule has 1 aliphatic rings. The Balaban J connectivity index is 1.52. The molecule has 0 bridgehead atoms. The first-order valence-electron chi connectivity index (χ1n) is 11.5. The van der Waals surface area contributed by atoms with Crippen molar-refractivity contribution in [3.8, 4) is 0 Å². The van der Waals surface area contributed by atoms with Crippen LogP contribution >= 0.6 is 23.1 Å². The van der Waals surface area contributed by atoms with Crippen molar-refractivity contribution in [2.75, 3.05) is 17.7 Å². The van der Waals surface area contributed by atoms with Gasteiger partial charge in [-0.25, -0.2) is 15.0 Å². The van der Waals surface area contributed by atoms with Crippen LogP contribution in [-0.2, 0) is 29.0 Å². The number of benzene rings is 1. The summed E-state index contributed by atoms with van der Waals surface area (Å²) in [4.78, 5) is 29.8. The monoisotopic (exact) mass is 492 g/mol. The molecule has 3 aromatic heterocycles. The molecule has 0 unspecified atom stereocenters. The van der Waals surface area contributed by atoms with Crippen molar-refractivity contribution in [3.05, 3.63) is 53.5 Å². The van der Waals surface area contributed by atoms with Crippen LogP contribution in [0.2, 0.25) is 0 Å². The van der Waals surface area contributed by atoms with Gasteiger partial charge < -0.3 is 9.64 Å². The number of amides is 1. The minimum atomic E-state index is -0.224. The highest BCUT2D eigenvalue weighted by Crippen LogP contribution is 2.42. The van der Waals surface area contributed by atoms with E-state index < -0.39 is 0 Å². The lowest BCUT2D eigenvalue weighted by atomic mass is 9.88. The highest BCUT2D eigenvalue weighted by molar-refractivity contribution is 8.00. The summed E-state index contributed by atoms with van der Waals surface area (Å²) in [5, 5.41) is 1.96. The van der Waals surface area contributed by atoms with Crippen LogP contribution in [0.25, 0.3) is 20.4 Å². The second kappa shape index (κ2) is 9.24. The summed E-state index contributed by atoms with van der Waals surface area (Å²) in [5.74, 6) is 0.336. The molecule has 0 spiro atoms. The lowest BCUT2D eigenvalue weighted by Crippen LogP contribution is -2.32. The Bertz CT molecular complexity index is 1370. The number of para-hydroxylation sites is 1. The largest absolute Gasteiger partial charge is 0.370 e. The Morgan fingerprint density at radius 3 is 2.76 bits per heavy atom. The number of nitrogens with zero attached hydrogens (tertiary/aromatic N) is 4. The van der Waals surface area contributed by atoms with Gasteiger partial charge in [-0.3, -0.25) is 4.79 Å². The third-order valence-electron chi connectivity index (χ3n) is 6.22. The van der Waals surface area contributed by atoms with E-state index in [4.69, 9.17) is 9.72 Å². The van der Waals surface area contributed by atoms with Gasteiger partial charge in [0.1, 0.15) is 16.2 Å². The maximum absolute atomic E-state index is 12.8. The van der Waals surface area contributed by atoms with Gasteiger partial charge in [0.15, 0.2) is 0 Å². The molecule has 4 heterocycles. The molecule has 1 aromatic carbocycles. The summed E-state index contributed by atoms with van der Waals surface area (Å²) >= 11 is 3.10. The number of fused-ring (bicyclic) bond motifs is 5. The Morgan fingerprint density at radius 2 is 2.00 bits per heavy atom. The average Bonchev–Trinajstić information content (AvgIpc) is 3.21. The molecule has 176 valence electrons. The summed E-state index contributed by atoms with van der Waals surface area (Å²) in [6.45, 7) is 7.05. The number of aryl methyl sites for hydroxylation is 1. The second-order valence-electron chi connectivity index (χ2n) is 9.21. The van der Waals surface area contributed by atoms with Crippen molar-refractivity contribution in [2.45, 2.75) is 57.3 Å². The Hall–Kier alpha value is -2.55. The number of anilines is 1. The van der Waals surface area contributed by atoms with Crippen molar-refractivity contribution in [2.24, 2.45) is 0 Å². The van der Waals surface area contributed by atoms with Crippen molar-refractivity contribution < 1.29 is 9.53 Å². The van der Waals surface area contributed by atoms with Gasteiger partial charge in [-0.15, -0.1) is 11.3 Å². The summed E-state index contributed by atoms with van der Waals surface area (Å²) in [7, 11) is 1.81. The van der Waals surface area contributed by atoms with Gasteiger partial charge in [0, 0.05) is 35.8 Å². The molecule has 8 heteroatoms. The van der Waals surface area contributed by atoms with Crippen LogP contribution in [0.1, 0.15) is 44.0 Å². The first-order chi connectivity index (χ1) is 16.4. The Labute approximate surface area is 207 Å². The third kappa shape index (κ3) is 4.30. The number of pyridine rings is 1. The van der Waals surface area contributed by atoms with Crippen LogP contribution in [0.5, 0.6) is 0 Å². The van der Waals surface area contributed by atoms with E-state index in [1.165, 1.54) is 22.9 Å². The fraction of sp³-hybridized carbons (Fsp3) is 0.385. The van der Waals surface area contributed by atoms with E-state index in [2.05, 4.69) is 30.7 Å². The number of hydrogen-bond acceptors (Lipinski definition) is 7. The first-order valence-corrected chi connectivity index (χ1v) is 13.3. The van der Waals surface area contributed by atoms with E-state index in [1.54, 1.807) is 22.6 Å². The summed E-state index contributed by atoms with van der Waals surface area (Å²) < 4.78 is 7.15. The minimum Gasteiger partial charge on any atom is -0.370 e. The zero-order valence-corrected chi connectivity index (χ0v) is 21.6. The molecular formula is C26H28N4O2S2. The number of ether oxygens (including phenoxy) is 1. The molecule has 0 saturated carbocycles. The molecule has 6 nitrogen and oxygen atoms in total. The van der Waals surface area contributed by atoms with E-state index >= 15 is 0 Å². The number of carbonyl (C=O) groups is 1. The van der Waals surface area contributed by atoms with Crippen molar-refractivity contribution >= 4 is 55.1 Å². The van der Waals surface area contributed by atoms with Crippen LogP contribution in [0, 0.1) is 0 Å². The summed E-state index contributed by atoms with van der Waals surface area (Å²) in [6, 6.07) is 9.69. The lowest BCUT2D eigenvalue weighted by molar-refractivity contribution is -0.115. The van der Waals surface area contributed by atoms with E-state index in [9.17, 15) is 4.79 Å².